The molecule has 2 N–H and O–H groups in total. The van der Waals surface area contributed by atoms with Crippen molar-refractivity contribution in [1.82, 2.24) is 5.32 Å². The van der Waals surface area contributed by atoms with E-state index in [0.717, 1.165) is 79.6 Å². The maximum atomic E-state index is 13.2. The lowest BCUT2D eigenvalue weighted by Gasteiger charge is -2.34. The summed E-state index contributed by atoms with van der Waals surface area (Å²) in [7, 11) is 0. The highest BCUT2D eigenvalue weighted by atomic mass is 16.6. The Morgan fingerprint density at radius 3 is 1.48 bits per heavy atom. The lowest BCUT2D eigenvalue weighted by Crippen LogP contribution is -2.57. The minimum atomic E-state index is -1.80. The van der Waals surface area contributed by atoms with Crippen LogP contribution in [0.3, 0.4) is 0 Å². The SMILES string of the molecule is CC(=O)OCC(OC(C)=O)C(OC(C)=O)C(OC(C)=O)C(OC(C)=O)C(=O)NCCCCCCCCCCCC(=O)O. The molecule has 0 fully saturated rings. The molecular weight excluding hydrogens is 558 g/mol. The number of carbonyl (C=O) groups excluding carboxylic acids is 6. The van der Waals surface area contributed by atoms with Crippen molar-refractivity contribution in [2.45, 2.75) is 123 Å². The van der Waals surface area contributed by atoms with E-state index >= 15 is 0 Å². The standard InChI is InChI=1S/C28H45NO13/c1-18(30)38-17-23(39-19(2)31)25(40-20(3)32)26(41-21(4)33)27(42-22(5)34)28(37)29-16-14-12-10-8-6-7-9-11-13-15-24(35)36/h23,25-27H,6-17H2,1-5H3,(H,29,37)(H,35,36). The van der Waals surface area contributed by atoms with Gasteiger partial charge in [-0.2, -0.15) is 0 Å². The molecule has 0 aromatic rings. The van der Waals surface area contributed by atoms with Crippen molar-refractivity contribution in [2.75, 3.05) is 13.2 Å². The van der Waals surface area contributed by atoms with Crippen LogP contribution in [-0.2, 0) is 57.2 Å². The van der Waals surface area contributed by atoms with Gasteiger partial charge in [-0.25, -0.2) is 0 Å². The van der Waals surface area contributed by atoms with Crippen LogP contribution < -0.4 is 5.32 Å². The van der Waals surface area contributed by atoms with Gasteiger partial charge in [0, 0.05) is 47.6 Å². The van der Waals surface area contributed by atoms with Gasteiger partial charge in [-0.15, -0.1) is 0 Å². The maximum absolute atomic E-state index is 13.2. The topological polar surface area (TPSA) is 198 Å². The minimum Gasteiger partial charge on any atom is -0.481 e. The van der Waals surface area contributed by atoms with Gasteiger partial charge in [0.1, 0.15) is 6.61 Å². The van der Waals surface area contributed by atoms with Crippen LogP contribution in [0.2, 0.25) is 0 Å². The zero-order valence-electron chi connectivity index (χ0n) is 25.1. The van der Waals surface area contributed by atoms with Gasteiger partial charge in [-0.3, -0.25) is 33.6 Å². The number of carbonyl (C=O) groups is 7. The summed E-state index contributed by atoms with van der Waals surface area (Å²) < 4.78 is 25.8. The van der Waals surface area contributed by atoms with Crippen LogP contribution in [0.5, 0.6) is 0 Å². The molecule has 0 bridgehead atoms. The number of unbranched alkanes of at least 4 members (excludes halogenated alkanes) is 8. The first-order chi connectivity index (χ1) is 19.7. The van der Waals surface area contributed by atoms with E-state index in [-0.39, 0.29) is 13.0 Å². The predicted molar refractivity (Wildman–Crippen MR) is 146 cm³/mol. The Balaban J connectivity index is 5.37. The van der Waals surface area contributed by atoms with Gasteiger partial charge in [0.2, 0.25) is 6.10 Å². The first kappa shape index (κ1) is 38.3. The lowest BCUT2D eigenvalue weighted by molar-refractivity contribution is -0.203. The number of hydrogen-bond acceptors (Lipinski definition) is 12. The molecule has 14 heteroatoms. The van der Waals surface area contributed by atoms with Crippen LogP contribution in [0.4, 0.5) is 0 Å². The number of esters is 5. The fourth-order valence-corrected chi connectivity index (χ4v) is 4.05. The molecule has 1 amide bonds. The van der Waals surface area contributed by atoms with E-state index in [1.54, 1.807) is 0 Å². The molecule has 4 atom stereocenters. The summed E-state index contributed by atoms with van der Waals surface area (Å²) in [5, 5.41) is 11.3. The Morgan fingerprint density at radius 2 is 1.02 bits per heavy atom. The second-order valence-corrected chi connectivity index (χ2v) is 9.75. The predicted octanol–water partition coefficient (Wildman–Crippen LogP) is 2.38. The van der Waals surface area contributed by atoms with Gasteiger partial charge < -0.3 is 34.1 Å². The molecule has 0 aliphatic rings. The summed E-state index contributed by atoms with van der Waals surface area (Å²) in [4.78, 5) is 82.7. The normalized spacial score (nSPS) is 13.5. The Morgan fingerprint density at radius 1 is 0.571 bits per heavy atom. The zero-order valence-corrected chi connectivity index (χ0v) is 25.1. The highest BCUT2D eigenvalue weighted by molar-refractivity contribution is 5.84. The third kappa shape index (κ3) is 19.4. The van der Waals surface area contributed by atoms with E-state index in [1.807, 2.05) is 0 Å². The average molecular weight is 604 g/mol. The smallest absolute Gasteiger partial charge is 0.303 e. The highest BCUT2D eigenvalue weighted by Gasteiger charge is 2.46. The summed E-state index contributed by atoms with van der Waals surface area (Å²) in [6, 6.07) is 0. The summed E-state index contributed by atoms with van der Waals surface area (Å²) in [5.41, 5.74) is 0. The van der Waals surface area contributed by atoms with E-state index in [2.05, 4.69) is 5.32 Å². The molecule has 0 saturated carbocycles. The molecule has 0 aromatic heterocycles. The Bertz CT molecular complexity index is 904. The van der Waals surface area contributed by atoms with E-state index in [9.17, 15) is 33.6 Å². The van der Waals surface area contributed by atoms with Gasteiger partial charge in [0.15, 0.2) is 18.3 Å². The van der Waals surface area contributed by atoms with Crippen molar-refractivity contribution in [2.24, 2.45) is 0 Å². The second kappa shape index (κ2) is 22.0. The fourth-order valence-electron chi connectivity index (χ4n) is 4.05. The number of carboxylic acids is 1. The number of hydrogen-bond donors (Lipinski definition) is 2. The monoisotopic (exact) mass is 603 g/mol. The van der Waals surface area contributed by atoms with E-state index in [4.69, 9.17) is 28.8 Å². The Hall–Kier alpha value is -3.71. The number of rotatable bonds is 22. The lowest BCUT2D eigenvalue weighted by atomic mass is 10.0. The van der Waals surface area contributed by atoms with Crippen molar-refractivity contribution >= 4 is 41.7 Å². The van der Waals surface area contributed by atoms with E-state index in [1.165, 1.54) is 0 Å². The minimum absolute atomic E-state index is 0.192. The van der Waals surface area contributed by atoms with Crippen molar-refractivity contribution in [3.8, 4) is 0 Å². The first-order valence-electron chi connectivity index (χ1n) is 14.1. The second-order valence-electron chi connectivity index (χ2n) is 9.75. The Labute approximate surface area is 246 Å². The third-order valence-corrected chi connectivity index (χ3v) is 5.78. The molecule has 42 heavy (non-hydrogen) atoms. The number of carboxylic acid groups (broad SMARTS) is 1. The largest absolute Gasteiger partial charge is 0.481 e. The number of ether oxygens (including phenoxy) is 5. The van der Waals surface area contributed by atoms with Gasteiger partial charge in [-0.05, 0) is 12.8 Å². The van der Waals surface area contributed by atoms with Crippen LogP contribution in [0.25, 0.3) is 0 Å². The van der Waals surface area contributed by atoms with Crippen LogP contribution in [0, 0.1) is 0 Å². The van der Waals surface area contributed by atoms with Crippen molar-refractivity contribution in [1.29, 1.82) is 0 Å². The van der Waals surface area contributed by atoms with Gasteiger partial charge in [0.05, 0.1) is 0 Å². The van der Waals surface area contributed by atoms with E-state index < -0.39 is 72.7 Å². The van der Waals surface area contributed by atoms with Crippen LogP contribution in [0.15, 0.2) is 0 Å². The molecule has 0 rings (SSSR count). The molecule has 240 valence electrons. The molecule has 0 aliphatic carbocycles. The highest BCUT2D eigenvalue weighted by Crippen LogP contribution is 2.21. The number of amides is 1. The summed E-state index contributed by atoms with van der Waals surface area (Å²) in [6.07, 6.45) is 1.34. The molecule has 0 saturated heterocycles. The van der Waals surface area contributed by atoms with E-state index in [0.29, 0.717) is 12.8 Å². The van der Waals surface area contributed by atoms with Crippen molar-refractivity contribution in [3.63, 3.8) is 0 Å². The Kier molecular flexibility index (Phi) is 20.0. The first-order valence-corrected chi connectivity index (χ1v) is 14.1. The van der Waals surface area contributed by atoms with Crippen LogP contribution in [-0.4, -0.2) is 84.4 Å². The average Bonchev–Trinajstić information content (AvgIpc) is 2.87. The quantitative estimate of drug-likeness (QED) is 0.104. The molecule has 0 aromatic carbocycles. The van der Waals surface area contributed by atoms with Crippen LogP contribution in [0.1, 0.15) is 98.8 Å². The number of nitrogens with one attached hydrogen (secondary N) is 1. The van der Waals surface area contributed by atoms with Crippen molar-refractivity contribution in [3.05, 3.63) is 0 Å². The zero-order chi connectivity index (χ0) is 32.1. The molecule has 0 spiro atoms. The molecule has 0 aliphatic heterocycles. The molecular formula is C28H45NO13. The van der Waals surface area contributed by atoms with Crippen molar-refractivity contribution < 1.29 is 62.4 Å². The summed E-state index contributed by atoms with van der Waals surface area (Å²) in [5.74, 6) is -5.94. The summed E-state index contributed by atoms with van der Waals surface area (Å²) in [6.45, 7) is 4.80. The molecule has 14 nitrogen and oxygen atoms in total. The molecule has 4 unspecified atom stereocenters. The van der Waals surface area contributed by atoms with Gasteiger partial charge in [-0.1, -0.05) is 44.9 Å². The maximum Gasteiger partial charge on any atom is 0.303 e. The summed E-state index contributed by atoms with van der Waals surface area (Å²) >= 11 is 0. The fraction of sp³-hybridized carbons (Fsp3) is 0.750. The van der Waals surface area contributed by atoms with Crippen LogP contribution >= 0.6 is 0 Å². The molecule has 0 radical (unpaired) electrons. The third-order valence-electron chi connectivity index (χ3n) is 5.78. The molecule has 0 heterocycles. The number of aliphatic carboxylic acids is 1. The van der Waals surface area contributed by atoms with Gasteiger partial charge in [0.25, 0.3) is 5.91 Å². The van der Waals surface area contributed by atoms with Gasteiger partial charge >= 0.3 is 35.8 Å².